The number of likely N-dealkylation sites (tertiary alicyclic amines) is 1. The third-order valence-electron chi connectivity index (χ3n) is 4.68. The highest BCUT2D eigenvalue weighted by Crippen LogP contribution is 2.27. The minimum Gasteiger partial charge on any atom is -0.507 e. The van der Waals surface area contributed by atoms with E-state index in [4.69, 9.17) is 4.74 Å². The first kappa shape index (κ1) is 18.0. The molecule has 136 valence electrons. The van der Waals surface area contributed by atoms with Crippen molar-refractivity contribution in [2.45, 2.75) is 32.3 Å². The Morgan fingerprint density at radius 1 is 1.00 bits per heavy atom. The van der Waals surface area contributed by atoms with Crippen LogP contribution in [0.3, 0.4) is 0 Å². The van der Waals surface area contributed by atoms with Gasteiger partial charge < -0.3 is 14.7 Å². The van der Waals surface area contributed by atoms with Crippen LogP contribution in [0.2, 0.25) is 0 Å². The molecule has 1 aliphatic rings. The van der Waals surface area contributed by atoms with Crippen molar-refractivity contribution < 1.29 is 19.4 Å². The number of aromatic hydroxyl groups is 1. The highest BCUT2D eigenvalue weighted by atomic mass is 16.5. The Bertz CT molecular complexity index is 782. The molecule has 0 unspecified atom stereocenters. The standard InChI is InChI=1S/C21H23NO4/c1-15-9-8-12-17(18(15)23)21(25)26-19(16-10-4-2-5-11-16)20(24)22-13-6-3-7-14-22/h2,4-5,8-12,19,23H,3,6-7,13-14H2,1H3/t19-/m0/s1. The zero-order valence-electron chi connectivity index (χ0n) is 14.9. The molecule has 0 aliphatic carbocycles. The lowest BCUT2D eigenvalue weighted by atomic mass is 10.1. The number of para-hydroxylation sites is 1. The Hall–Kier alpha value is -2.82. The minimum atomic E-state index is -1.01. The van der Waals surface area contributed by atoms with Crippen LogP contribution < -0.4 is 0 Å². The molecule has 1 amide bonds. The molecule has 5 heteroatoms. The van der Waals surface area contributed by atoms with Crippen molar-refractivity contribution in [3.05, 3.63) is 65.2 Å². The summed E-state index contributed by atoms with van der Waals surface area (Å²) in [5.74, 6) is -1.03. The van der Waals surface area contributed by atoms with Gasteiger partial charge in [-0.15, -0.1) is 0 Å². The highest BCUT2D eigenvalue weighted by molar-refractivity contribution is 5.95. The van der Waals surface area contributed by atoms with Crippen LogP contribution in [0.15, 0.2) is 48.5 Å². The zero-order valence-corrected chi connectivity index (χ0v) is 14.9. The van der Waals surface area contributed by atoms with Gasteiger partial charge in [0.05, 0.1) is 0 Å². The summed E-state index contributed by atoms with van der Waals surface area (Å²) in [5.41, 5.74) is 1.28. The van der Waals surface area contributed by atoms with Gasteiger partial charge in [0.2, 0.25) is 6.10 Å². The number of hydrogen-bond donors (Lipinski definition) is 1. The zero-order chi connectivity index (χ0) is 18.5. The van der Waals surface area contributed by atoms with Gasteiger partial charge >= 0.3 is 5.97 Å². The summed E-state index contributed by atoms with van der Waals surface area (Å²) in [5, 5.41) is 10.1. The Balaban J connectivity index is 1.87. The third kappa shape index (κ3) is 3.87. The predicted octanol–water partition coefficient (Wildman–Crippen LogP) is 3.61. The average molecular weight is 353 g/mol. The second-order valence-corrected chi connectivity index (χ2v) is 6.55. The number of phenolic OH excluding ortho intramolecular Hbond substituents is 1. The maximum atomic E-state index is 13.0. The van der Waals surface area contributed by atoms with Gasteiger partial charge in [-0.05, 0) is 37.8 Å². The van der Waals surface area contributed by atoms with Gasteiger partial charge in [-0.1, -0.05) is 42.5 Å². The number of ether oxygens (including phenoxy) is 1. The monoisotopic (exact) mass is 353 g/mol. The number of rotatable bonds is 4. The lowest BCUT2D eigenvalue weighted by molar-refractivity contribution is -0.142. The first-order valence-electron chi connectivity index (χ1n) is 8.91. The molecule has 5 nitrogen and oxygen atoms in total. The van der Waals surface area contributed by atoms with Crippen molar-refractivity contribution in [3.8, 4) is 5.75 Å². The first-order chi connectivity index (χ1) is 12.6. The van der Waals surface area contributed by atoms with Crippen LogP contribution in [-0.4, -0.2) is 35.0 Å². The van der Waals surface area contributed by atoms with E-state index in [0.29, 0.717) is 24.2 Å². The van der Waals surface area contributed by atoms with Gasteiger partial charge in [0.15, 0.2) is 0 Å². The summed E-state index contributed by atoms with van der Waals surface area (Å²) in [4.78, 5) is 27.4. The Labute approximate surface area is 153 Å². The quantitative estimate of drug-likeness (QED) is 0.853. The van der Waals surface area contributed by atoms with E-state index in [0.717, 1.165) is 19.3 Å². The number of esters is 1. The van der Waals surface area contributed by atoms with Crippen LogP contribution in [-0.2, 0) is 9.53 Å². The Morgan fingerprint density at radius 2 is 1.69 bits per heavy atom. The summed E-state index contributed by atoms with van der Waals surface area (Å²) in [6, 6.07) is 13.9. The topological polar surface area (TPSA) is 66.8 Å². The largest absolute Gasteiger partial charge is 0.507 e. The van der Waals surface area contributed by atoms with Gasteiger partial charge in [0.1, 0.15) is 11.3 Å². The molecule has 0 bridgehead atoms. The fraction of sp³-hybridized carbons (Fsp3) is 0.333. The van der Waals surface area contributed by atoms with Crippen LogP contribution >= 0.6 is 0 Å². The van der Waals surface area contributed by atoms with E-state index in [1.807, 2.05) is 18.2 Å². The molecule has 1 N–H and O–H groups in total. The summed E-state index contributed by atoms with van der Waals surface area (Å²) in [7, 11) is 0. The number of amides is 1. The molecule has 1 heterocycles. The predicted molar refractivity (Wildman–Crippen MR) is 97.9 cm³/mol. The van der Waals surface area contributed by atoms with Crippen molar-refractivity contribution in [2.75, 3.05) is 13.1 Å². The van der Waals surface area contributed by atoms with Crippen LogP contribution in [0.5, 0.6) is 5.75 Å². The molecular formula is C21H23NO4. The molecule has 0 radical (unpaired) electrons. The smallest absolute Gasteiger partial charge is 0.343 e. The number of benzene rings is 2. The van der Waals surface area contributed by atoms with Crippen molar-refractivity contribution >= 4 is 11.9 Å². The normalized spacial score (nSPS) is 15.3. The SMILES string of the molecule is Cc1cccc(C(=O)O[C@H](C(=O)N2CCCCC2)c2ccccc2)c1O. The molecule has 1 aliphatic heterocycles. The number of carbonyl (C=O) groups excluding carboxylic acids is 2. The summed E-state index contributed by atoms with van der Waals surface area (Å²) in [6.07, 6.45) is 2.01. The van der Waals surface area contributed by atoms with E-state index in [1.165, 1.54) is 6.07 Å². The molecular weight excluding hydrogens is 330 g/mol. The fourth-order valence-electron chi connectivity index (χ4n) is 3.16. The molecule has 0 spiro atoms. The van der Waals surface area contributed by atoms with Crippen molar-refractivity contribution in [1.82, 2.24) is 4.90 Å². The summed E-state index contributed by atoms with van der Waals surface area (Å²) < 4.78 is 5.58. The molecule has 2 aromatic rings. The minimum absolute atomic E-state index is 0.0670. The number of piperidine rings is 1. The fourth-order valence-corrected chi connectivity index (χ4v) is 3.16. The van der Waals surface area contributed by atoms with E-state index in [-0.39, 0.29) is 17.2 Å². The van der Waals surface area contributed by atoms with E-state index in [1.54, 1.807) is 36.1 Å². The van der Waals surface area contributed by atoms with E-state index in [9.17, 15) is 14.7 Å². The van der Waals surface area contributed by atoms with E-state index in [2.05, 4.69) is 0 Å². The Kier molecular flexibility index (Phi) is 5.56. The number of nitrogens with zero attached hydrogens (tertiary/aromatic N) is 1. The number of phenols is 1. The molecule has 3 rings (SSSR count). The second kappa shape index (κ2) is 8.04. The van der Waals surface area contributed by atoms with E-state index < -0.39 is 12.1 Å². The first-order valence-corrected chi connectivity index (χ1v) is 8.91. The van der Waals surface area contributed by atoms with Crippen LogP contribution in [0.25, 0.3) is 0 Å². The second-order valence-electron chi connectivity index (χ2n) is 6.55. The van der Waals surface area contributed by atoms with Crippen molar-refractivity contribution in [3.63, 3.8) is 0 Å². The molecule has 0 saturated carbocycles. The Morgan fingerprint density at radius 3 is 2.38 bits per heavy atom. The summed E-state index contributed by atoms with van der Waals surface area (Å²) >= 11 is 0. The van der Waals surface area contributed by atoms with Gasteiger partial charge in [0.25, 0.3) is 5.91 Å². The van der Waals surface area contributed by atoms with Crippen molar-refractivity contribution in [1.29, 1.82) is 0 Å². The average Bonchev–Trinajstić information content (AvgIpc) is 2.69. The molecule has 26 heavy (non-hydrogen) atoms. The summed E-state index contributed by atoms with van der Waals surface area (Å²) in [6.45, 7) is 3.06. The number of hydrogen-bond acceptors (Lipinski definition) is 4. The maximum Gasteiger partial charge on any atom is 0.343 e. The molecule has 2 aromatic carbocycles. The number of aryl methyl sites for hydroxylation is 1. The van der Waals surface area contributed by atoms with Gasteiger partial charge in [-0.2, -0.15) is 0 Å². The van der Waals surface area contributed by atoms with Gasteiger partial charge in [-0.25, -0.2) is 4.79 Å². The third-order valence-corrected chi connectivity index (χ3v) is 4.68. The highest BCUT2D eigenvalue weighted by Gasteiger charge is 2.31. The van der Waals surface area contributed by atoms with E-state index >= 15 is 0 Å². The van der Waals surface area contributed by atoms with Gasteiger partial charge in [-0.3, -0.25) is 4.79 Å². The van der Waals surface area contributed by atoms with Crippen LogP contribution in [0, 0.1) is 6.92 Å². The van der Waals surface area contributed by atoms with Crippen LogP contribution in [0.1, 0.15) is 46.9 Å². The molecule has 1 saturated heterocycles. The van der Waals surface area contributed by atoms with Gasteiger partial charge in [0, 0.05) is 18.7 Å². The lowest BCUT2D eigenvalue weighted by Crippen LogP contribution is -2.40. The molecule has 1 fully saturated rings. The lowest BCUT2D eigenvalue weighted by Gasteiger charge is -2.30. The van der Waals surface area contributed by atoms with Crippen molar-refractivity contribution in [2.24, 2.45) is 0 Å². The maximum absolute atomic E-state index is 13.0. The van der Waals surface area contributed by atoms with Crippen LogP contribution in [0.4, 0.5) is 0 Å². The molecule has 0 aromatic heterocycles. The molecule has 1 atom stereocenters. The number of carbonyl (C=O) groups is 2.